The second-order valence-corrected chi connectivity index (χ2v) is 4.14. The number of nitriles is 1. The summed E-state index contributed by atoms with van der Waals surface area (Å²) in [6.45, 7) is 2.15. The Balaban J connectivity index is 1.92. The molecule has 0 bridgehead atoms. The fourth-order valence-electron chi connectivity index (χ4n) is 1.94. The monoisotopic (exact) mass is 246 g/mol. The van der Waals surface area contributed by atoms with Crippen molar-refractivity contribution in [2.24, 2.45) is 0 Å². The van der Waals surface area contributed by atoms with Crippen LogP contribution >= 0.6 is 0 Å². The molecule has 0 radical (unpaired) electrons. The minimum atomic E-state index is -0.479. The molecule has 1 aliphatic rings. The van der Waals surface area contributed by atoms with Crippen molar-refractivity contribution in [2.75, 3.05) is 25.1 Å². The van der Waals surface area contributed by atoms with Gasteiger partial charge in [0.25, 0.3) is 0 Å². The maximum absolute atomic E-state index is 13.3. The highest BCUT2D eigenvalue weighted by Crippen LogP contribution is 2.18. The van der Waals surface area contributed by atoms with E-state index in [0.29, 0.717) is 18.8 Å². The number of halogens is 1. The molecule has 3 nitrogen and oxygen atoms in total. The number of nitrogens with one attached hydrogen (secondary N) is 1. The molecule has 1 heterocycles. The summed E-state index contributed by atoms with van der Waals surface area (Å²) in [6, 6.07) is 6.50. The van der Waals surface area contributed by atoms with E-state index in [2.05, 4.69) is 11.4 Å². The Hall–Kier alpha value is -1.86. The van der Waals surface area contributed by atoms with Gasteiger partial charge in [0.05, 0.1) is 18.9 Å². The first-order chi connectivity index (χ1) is 8.81. The van der Waals surface area contributed by atoms with Crippen LogP contribution in [-0.4, -0.2) is 19.8 Å². The second-order valence-electron chi connectivity index (χ2n) is 4.14. The number of hydrogen-bond acceptors (Lipinski definition) is 3. The molecular weight excluding hydrogens is 231 g/mol. The quantitative estimate of drug-likeness (QED) is 0.831. The molecule has 1 aliphatic heterocycles. The minimum absolute atomic E-state index is 0.0819. The van der Waals surface area contributed by atoms with Crippen LogP contribution in [-0.2, 0) is 4.74 Å². The van der Waals surface area contributed by atoms with Gasteiger partial charge in [-0.15, -0.1) is 0 Å². The van der Waals surface area contributed by atoms with E-state index in [0.717, 1.165) is 19.4 Å². The molecule has 0 saturated carbocycles. The average Bonchev–Trinajstić information content (AvgIpc) is 2.40. The van der Waals surface area contributed by atoms with Gasteiger partial charge in [0.15, 0.2) is 0 Å². The molecule has 0 fully saturated rings. The van der Waals surface area contributed by atoms with Crippen LogP contribution in [0, 0.1) is 17.1 Å². The van der Waals surface area contributed by atoms with Gasteiger partial charge in [-0.05, 0) is 25.0 Å². The van der Waals surface area contributed by atoms with Crippen molar-refractivity contribution in [3.05, 3.63) is 41.2 Å². The largest absolute Gasteiger partial charge is 0.384 e. The number of rotatable bonds is 4. The maximum Gasteiger partial charge on any atom is 0.143 e. The predicted molar refractivity (Wildman–Crippen MR) is 67.7 cm³/mol. The second kappa shape index (κ2) is 6.18. The van der Waals surface area contributed by atoms with Gasteiger partial charge in [0.2, 0.25) is 0 Å². The molecule has 18 heavy (non-hydrogen) atoms. The van der Waals surface area contributed by atoms with Crippen LogP contribution in [0.4, 0.5) is 10.1 Å². The van der Waals surface area contributed by atoms with E-state index in [1.165, 1.54) is 11.6 Å². The lowest BCUT2D eigenvalue weighted by molar-refractivity contribution is 0.153. The lowest BCUT2D eigenvalue weighted by atomic mass is 10.1. The van der Waals surface area contributed by atoms with Crippen LogP contribution in [0.3, 0.4) is 0 Å². The van der Waals surface area contributed by atoms with Gasteiger partial charge in [0.1, 0.15) is 17.4 Å². The van der Waals surface area contributed by atoms with Crippen molar-refractivity contribution >= 4 is 5.69 Å². The van der Waals surface area contributed by atoms with Gasteiger partial charge in [-0.2, -0.15) is 5.26 Å². The predicted octanol–water partition coefficient (Wildman–Crippen LogP) is 2.85. The summed E-state index contributed by atoms with van der Waals surface area (Å²) in [5, 5.41) is 12.0. The molecule has 0 spiro atoms. The van der Waals surface area contributed by atoms with Gasteiger partial charge in [-0.25, -0.2) is 4.39 Å². The highest BCUT2D eigenvalue weighted by molar-refractivity contribution is 5.57. The summed E-state index contributed by atoms with van der Waals surface area (Å²) in [6.07, 6.45) is 3.93. The molecule has 0 atom stereocenters. The van der Waals surface area contributed by atoms with Crippen molar-refractivity contribution in [1.29, 1.82) is 5.26 Å². The van der Waals surface area contributed by atoms with E-state index in [1.54, 1.807) is 12.1 Å². The number of nitrogens with zero attached hydrogens (tertiary/aromatic N) is 1. The molecule has 4 heteroatoms. The smallest absolute Gasteiger partial charge is 0.143 e. The van der Waals surface area contributed by atoms with Crippen LogP contribution < -0.4 is 5.32 Å². The lowest BCUT2D eigenvalue weighted by Crippen LogP contribution is -2.09. The first-order valence-corrected chi connectivity index (χ1v) is 5.99. The number of ether oxygens (including phenoxy) is 1. The molecule has 0 saturated heterocycles. The SMILES string of the molecule is N#Cc1c(F)cccc1NCCC1=CCOCC1. The lowest BCUT2D eigenvalue weighted by Gasteiger charge is -2.14. The van der Waals surface area contributed by atoms with Crippen LogP contribution in [0.2, 0.25) is 0 Å². The molecular formula is C14H15FN2O. The summed E-state index contributed by atoms with van der Waals surface area (Å²) in [7, 11) is 0. The van der Waals surface area contributed by atoms with Crippen molar-refractivity contribution in [3.63, 3.8) is 0 Å². The van der Waals surface area contributed by atoms with Gasteiger partial charge < -0.3 is 10.1 Å². The van der Waals surface area contributed by atoms with E-state index in [4.69, 9.17) is 10.00 Å². The Bertz CT molecular complexity index is 491. The van der Waals surface area contributed by atoms with E-state index in [-0.39, 0.29) is 5.56 Å². The van der Waals surface area contributed by atoms with Crippen molar-refractivity contribution in [3.8, 4) is 6.07 Å². The highest BCUT2D eigenvalue weighted by Gasteiger charge is 2.08. The summed E-state index contributed by atoms with van der Waals surface area (Å²) in [4.78, 5) is 0. The third-order valence-corrected chi connectivity index (χ3v) is 2.94. The topological polar surface area (TPSA) is 45.0 Å². The van der Waals surface area contributed by atoms with Gasteiger partial charge in [-0.3, -0.25) is 0 Å². The minimum Gasteiger partial charge on any atom is -0.384 e. The third-order valence-electron chi connectivity index (χ3n) is 2.94. The molecule has 94 valence electrons. The van der Waals surface area contributed by atoms with Crippen molar-refractivity contribution in [2.45, 2.75) is 12.8 Å². The molecule has 0 amide bonds. The van der Waals surface area contributed by atoms with Gasteiger partial charge in [0, 0.05) is 6.54 Å². The Labute approximate surface area is 106 Å². The maximum atomic E-state index is 13.3. The van der Waals surface area contributed by atoms with Crippen LogP contribution in [0.25, 0.3) is 0 Å². The molecule has 2 rings (SSSR count). The fourth-order valence-corrected chi connectivity index (χ4v) is 1.94. The molecule has 1 N–H and O–H groups in total. The van der Waals surface area contributed by atoms with Gasteiger partial charge >= 0.3 is 0 Å². The molecule has 1 aromatic carbocycles. The summed E-state index contributed by atoms with van der Waals surface area (Å²) in [5.74, 6) is -0.479. The normalized spacial score (nSPS) is 14.8. The molecule has 0 aliphatic carbocycles. The van der Waals surface area contributed by atoms with E-state index in [1.807, 2.05) is 6.07 Å². The Morgan fingerprint density at radius 2 is 2.33 bits per heavy atom. The van der Waals surface area contributed by atoms with E-state index < -0.39 is 5.82 Å². The molecule has 0 unspecified atom stereocenters. The van der Waals surface area contributed by atoms with Crippen LogP contribution in [0.1, 0.15) is 18.4 Å². The highest BCUT2D eigenvalue weighted by atomic mass is 19.1. The average molecular weight is 246 g/mol. The van der Waals surface area contributed by atoms with Gasteiger partial charge in [-0.1, -0.05) is 17.7 Å². The number of benzene rings is 1. The molecule has 1 aromatic rings. The third kappa shape index (κ3) is 3.08. The number of hydrogen-bond donors (Lipinski definition) is 1. The summed E-state index contributed by atoms with van der Waals surface area (Å²) in [5.41, 5.74) is 1.99. The van der Waals surface area contributed by atoms with Crippen molar-refractivity contribution < 1.29 is 9.13 Å². The first kappa shape index (κ1) is 12.6. The number of anilines is 1. The zero-order chi connectivity index (χ0) is 12.8. The van der Waals surface area contributed by atoms with Crippen LogP contribution in [0.5, 0.6) is 0 Å². The fraction of sp³-hybridized carbons (Fsp3) is 0.357. The zero-order valence-electron chi connectivity index (χ0n) is 10.1. The van der Waals surface area contributed by atoms with Crippen LogP contribution in [0.15, 0.2) is 29.8 Å². The molecule has 0 aromatic heterocycles. The summed E-state index contributed by atoms with van der Waals surface area (Å²) < 4.78 is 18.6. The first-order valence-electron chi connectivity index (χ1n) is 5.99. The Morgan fingerprint density at radius 1 is 1.44 bits per heavy atom. The zero-order valence-corrected chi connectivity index (χ0v) is 10.1. The van der Waals surface area contributed by atoms with E-state index in [9.17, 15) is 4.39 Å². The standard InChI is InChI=1S/C14H15FN2O/c15-13-2-1-3-14(12(13)10-16)17-7-4-11-5-8-18-9-6-11/h1-3,5,17H,4,6-9H2. The summed E-state index contributed by atoms with van der Waals surface area (Å²) >= 11 is 0. The Kier molecular flexibility index (Phi) is 4.32. The van der Waals surface area contributed by atoms with E-state index >= 15 is 0 Å². The van der Waals surface area contributed by atoms with Crippen molar-refractivity contribution in [1.82, 2.24) is 0 Å². The Morgan fingerprint density at radius 3 is 3.06 bits per heavy atom.